The van der Waals surface area contributed by atoms with Crippen LogP contribution in [0.2, 0.25) is 0 Å². The molecule has 9 N–H and O–H groups in total. The van der Waals surface area contributed by atoms with Crippen LogP contribution in [0.15, 0.2) is 72.9 Å². The standard InChI is InChI=1S/C49H83NO13/c1-3-5-7-9-11-13-15-16-17-18-19-20-21-22-23-25-27-29-31-33-41(54)50-37(38(53)32-30-28-26-24-14-12-10-8-6-4-2)36-60-48-46(59)44(57)47(40(35-52)62-48)63-49-45(58)43(56)42(55)39(34-51)61-49/h6,8,11,13-14,16-17,19-20,24,30,32,37-40,42-49,51-53,55-59H,3-5,7,9-10,12,15,18,21-23,25-29,31,33-36H2,1-2H3,(H,50,54)/b8-6+,13-11-,17-16-,20-19-,24-14+,32-30+. The zero-order valence-corrected chi connectivity index (χ0v) is 38.0. The summed E-state index contributed by atoms with van der Waals surface area (Å²) in [5, 5.41) is 86.4. The predicted octanol–water partition coefficient (Wildman–Crippen LogP) is 5.26. The second-order valence-electron chi connectivity index (χ2n) is 16.5. The maximum Gasteiger partial charge on any atom is 0.220 e. The number of allylic oxidation sites excluding steroid dienone is 11. The summed E-state index contributed by atoms with van der Waals surface area (Å²) in [6.45, 7) is 2.56. The van der Waals surface area contributed by atoms with E-state index in [0.717, 1.165) is 77.0 Å². The molecule has 2 aliphatic heterocycles. The Hall–Kier alpha value is -2.57. The molecule has 0 aromatic heterocycles. The third-order valence-corrected chi connectivity index (χ3v) is 11.1. The van der Waals surface area contributed by atoms with E-state index < -0.39 is 86.8 Å². The molecule has 2 fully saturated rings. The van der Waals surface area contributed by atoms with Gasteiger partial charge < -0.3 is 65.1 Å². The number of aliphatic hydroxyl groups excluding tert-OH is 8. The molecular formula is C49H83NO13. The highest BCUT2D eigenvalue weighted by molar-refractivity contribution is 5.76. The van der Waals surface area contributed by atoms with E-state index in [9.17, 15) is 45.6 Å². The number of nitrogens with one attached hydrogen (secondary N) is 1. The maximum absolute atomic E-state index is 13.1. The molecule has 0 aliphatic carbocycles. The lowest BCUT2D eigenvalue weighted by molar-refractivity contribution is -0.359. The second kappa shape index (κ2) is 35.7. The molecule has 2 rings (SSSR count). The van der Waals surface area contributed by atoms with Gasteiger partial charge in [0, 0.05) is 6.42 Å². The third kappa shape index (κ3) is 23.4. The number of hydrogen-bond acceptors (Lipinski definition) is 13. The first kappa shape index (κ1) is 56.6. The van der Waals surface area contributed by atoms with Crippen LogP contribution in [0.3, 0.4) is 0 Å². The van der Waals surface area contributed by atoms with Gasteiger partial charge >= 0.3 is 0 Å². The van der Waals surface area contributed by atoms with Crippen molar-refractivity contribution in [3.8, 4) is 0 Å². The van der Waals surface area contributed by atoms with E-state index in [2.05, 4.69) is 79.9 Å². The summed E-state index contributed by atoms with van der Waals surface area (Å²) in [7, 11) is 0. The minimum absolute atomic E-state index is 0.251. The molecule has 1 amide bonds. The van der Waals surface area contributed by atoms with Gasteiger partial charge in [-0.25, -0.2) is 0 Å². The van der Waals surface area contributed by atoms with Crippen LogP contribution in [0.4, 0.5) is 0 Å². The number of hydrogen-bond donors (Lipinski definition) is 9. The Balaban J connectivity index is 1.86. The van der Waals surface area contributed by atoms with Crippen molar-refractivity contribution >= 4 is 5.91 Å². The lowest BCUT2D eigenvalue weighted by atomic mass is 9.97. The Kier molecular flexibility index (Phi) is 32.0. The third-order valence-electron chi connectivity index (χ3n) is 11.1. The fourth-order valence-corrected chi connectivity index (χ4v) is 7.22. The lowest BCUT2D eigenvalue weighted by Gasteiger charge is -2.46. The normalized spacial score (nSPS) is 28.2. The number of carbonyl (C=O) groups is 1. The topological polar surface area (TPSA) is 228 Å². The molecule has 2 aliphatic rings. The fourth-order valence-electron chi connectivity index (χ4n) is 7.22. The van der Waals surface area contributed by atoms with Crippen LogP contribution in [0.1, 0.15) is 136 Å². The van der Waals surface area contributed by atoms with Crippen molar-refractivity contribution in [2.75, 3.05) is 19.8 Å². The van der Waals surface area contributed by atoms with Crippen molar-refractivity contribution in [1.29, 1.82) is 0 Å². The molecule has 12 atom stereocenters. The predicted molar refractivity (Wildman–Crippen MR) is 244 cm³/mol. The molecule has 0 aromatic carbocycles. The van der Waals surface area contributed by atoms with Gasteiger partial charge in [-0.2, -0.15) is 0 Å². The summed E-state index contributed by atoms with van der Waals surface area (Å²) >= 11 is 0. The summed E-state index contributed by atoms with van der Waals surface area (Å²) in [5.41, 5.74) is 0. The molecule has 0 aromatic rings. The SMILES string of the molecule is CC/C=C/CC/C=C/CC/C=C/C(O)C(COC1OC(CO)C(OC2OC(CO)C(O)C(O)C2O)C(O)C1O)NC(=O)CCCCCCCC/C=C\C/C=C\C/C=C\CCCCC. The van der Waals surface area contributed by atoms with E-state index >= 15 is 0 Å². The first-order chi connectivity index (χ1) is 30.6. The van der Waals surface area contributed by atoms with Crippen LogP contribution in [-0.4, -0.2) is 140 Å². The van der Waals surface area contributed by atoms with Crippen molar-refractivity contribution in [2.45, 2.75) is 209 Å². The van der Waals surface area contributed by atoms with Gasteiger partial charge in [-0.1, -0.05) is 125 Å². The van der Waals surface area contributed by atoms with E-state index in [1.807, 2.05) is 6.08 Å². The maximum atomic E-state index is 13.1. The van der Waals surface area contributed by atoms with Crippen molar-refractivity contribution in [3.05, 3.63) is 72.9 Å². The largest absolute Gasteiger partial charge is 0.394 e. The number of amides is 1. The molecule has 362 valence electrons. The molecule has 63 heavy (non-hydrogen) atoms. The molecular weight excluding hydrogens is 811 g/mol. The van der Waals surface area contributed by atoms with Crippen molar-refractivity contribution in [1.82, 2.24) is 5.32 Å². The Morgan fingerprint density at radius 2 is 1.11 bits per heavy atom. The Bertz CT molecular complexity index is 1330. The van der Waals surface area contributed by atoms with E-state index in [0.29, 0.717) is 12.8 Å². The molecule has 0 radical (unpaired) electrons. The van der Waals surface area contributed by atoms with Gasteiger partial charge in [0.15, 0.2) is 12.6 Å². The van der Waals surface area contributed by atoms with Gasteiger partial charge in [0.2, 0.25) is 5.91 Å². The smallest absolute Gasteiger partial charge is 0.220 e. The summed E-state index contributed by atoms with van der Waals surface area (Å²) in [5.74, 6) is -0.273. The van der Waals surface area contributed by atoms with Crippen LogP contribution in [0.5, 0.6) is 0 Å². The van der Waals surface area contributed by atoms with Crippen LogP contribution in [0, 0.1) is 0 Å². The zero-order valence-electron chi connectivity index (χ0n) is 38.0. The average Bonchev–Trinajstić information content (AvgIpc) is 3.28. The quantitative estimate of drug-likeness (QED) is 0.0297. The number of ether oxygens (including phenoxy) is 4. The minimum atomic E-state index is -1.79. The van der Waals surface area contributed by atoms with E-state index in [-0.39, 0.29) is 18.9 Å². The Morgan fingerprint density at radius 3 is 1.73 bits per heavy atom. The van der Waals surface area contributed by atoms with Crippen LogP contribution in [-0.2, 0) is 23.7 Å². The highest BCUT2D eigenvalue weighted by Gasteiger charge is 2.50. The van der Waals surface area contributed by atoms with Gasteiger partial charge in [0.1, 0.15) is 48.8 Å². The fraction of sp³-hybridized carbons (Fsp3) is 0.735. The molecule has 14 nitrogen and oxygen atoms in total. The summed E-state index contributed by atoms with van der Waals surface area (Å²) in [4.78, 5) is 13.1. The Labute approximate surface area is 377 Å². The van der Waals surface area contributed by atoms with Crippen LogP contribution < -0.4 is 5.32 Å². The molecule has 12 unspecified atom stereocenters. The highest BCUT2D eigenvalue weighted by atomic mass is 16.7. The van der Waals surface area contributed by atoms with E-state index in [1.165, 1.54) is 25.7 Å². The zero-order chi connectivity index (χ0) is 46.1. The first-order valence-electron chi connectivity index (χ1n) is 23.7. The van der Waals surface area contributed by atoms with Crippen molar-refractivity contribution in [2.24, 2.45) is 0 Å². The number of carbonyl (C=O) groups excluding carboxylic acids is 1. The van der Waals surface area contributed by atoms with Gasteiger partial charge in [0.05, 0.1) is 32.0 Å². The minimum Gasteiger partial charge on any atom is -0.394 e. The molecule has 14 heteroatoms. The Morgan fingerprint density at radius 1 is 0.587 bits per heavy atom. The summed E-state index contributed by atoms with van der Waals surface area (Å²) in [6, 6.07) is -0.945. The average molecular weight is 894 g/mol. The molecule has 2 heterocycles. The number of aliphatic hydroxyl groups is 8. The van der Waals surface area contributed by atoms with E-state index in [4.69, 9.17) is 18.9 Å². The van der Waals surface area contributed by atoms with Gasteiger partial charge in [0.25, 0.3) is 0 Å². The van der Waals surface area contributed by atoms with Crippen LogP contribution in [0.25, 0.3) is 0 Å². The second-order valence-corrected chi connectivity index (χ2v) is 16.5. The van der Waals surface area contributed by atoms with Gasteiger partial charge in [-0.3, -0.25) is 4.79 Å². The monoisotopic (exact) mass is 894 g/mol. The van der Waals surface area contributed by atoms with Gasteiger partial charge in [-0.15, -0.1) is 0 Å². The van der Waals surface area contributed by atoms with Gasteiger partial charge in [-0.05, 0) is 77.0 Å². The molecule has 0 spiro atoms. The van der Waals surface area contributed by atoms with Crippen molar-refractivity contribution < 1.29 is 64.6 Å². The first-order valence-corrected chi connectivity index (χ1v) is 23.7. The molecule has 2 saturated heterocycles. The summed E-state index contributed by atoms with van der Waals surface area (Å²) < 4.78 is 22.6. The van der Waals surface area contributed by atoms with E-state index in [1.54, 1.807) is 6.08 Å². The number of unbranched alkanes of at least 4 members (excludes halogenated alkanes) is 11. The highest BCUT2D eigenvalue weighted by Crippen LogP contribution is 2.30. The number of rotatable bonds is 34. The summed E-state index contributed by atoms with van der Waals surface area (Å²) in [6.07, 6.45) is 26.7. The van der Waals surface area contributed by atoms with Crippen molar-refractivity contribution in [3.63, 3.8) is 0 Å². The molecule has 0 bridgehead atoms. The van der Waals surface area contributed by atoms with Crippen LogP contribution >= 0.6 is 0 Å². The molecule has 0 saturated carbocycles. The lowest BCUT2D eigenvalue weighted by Crippen LogP contribution is -2.65.